The molecule has 1 fully saturated rings. The lowest BCUT2D eigenvalue weighted by molar-refractivity contribution is -0.130. The van der Waals surface area contributed by atoms with Gasteiger partial charge in [0.1, 0.15) is 5.75 Å². The van der Waals surface area contributed by atoms with Gasteiger partial charge in [0.25, 0.3) is 11.8 Å². The highest BCUT2D eigenvalue weighted by Crippen LogP contribution is 2.18. The molecule has 0 radical (unpaired) electrons. The Labute approximate surface area is 184 Å². The number of nitrogens with zero attached hydrogens (tertiary/aromatic N) is 3. The maximum Gasteiger partial charge on any atom is 0.259 e. The number of likely N-dealkylation sites (N-methyl/N-ethyl adjacent to an activating group) is 2. The maximum atomic E-state index is 13.1. The van der Waals surface area contributed by atoms with Crippen LogP contribution in [0.2, 0.25) is 0 Å². The molecule has 31 heavy (non-hydrogen) atoms. The van der Waals surface area contributed by atoms with E-state index in [-0.39, 0.29) is 24.5 Å². The van der Waals surface area contributed by atoms with Gasteiger partial charge in [0.05, 0.1) is 6.04 Å². The summed E-state index contributed by atoms with van der Waals surface area (Å²) >= 11 is 0. The van der Waals surface area contributed by atoms with Crippen LogP contribution in [0.5, 0.6) is 5.75 Å². The molecule has 166 valence electrons. The molecule has 7 nitrogen and oxygen atoms in total. The second kappa shape index (κ2) is 10.9. The van der Waals surface area contributed by atoms with E-state index in [1.807, 2.05) is 30.3 Å². The number of rotatable bonds is 8. The molecule has 1 atom stereocenters. The predicted molar refractivity (Wildman–Crippen MR) is 121 cm³/mol. The Kier molecular flexibility index (Phi) is 8.03. The van der Waals surface area contributed by atoms with Crippen molar-refractivity contribution in [3.63, 3.8) is 0 Å². The molecule has 2 amide bonds. The second-order valence-corrected chi connectivity index (χ2v) is 8.15. The molecule has 1 heterocycles. The molecular weight excluding hydrogens is 392 g/mol. The van der Waals surface area contributed by atoms with E-state index in [0.29, 0.717) is 11.3 Å². The van der Waals surface area contributed by atoms with E-state index in [1.165, 1.54) is 4.90 Å². The van der Waals surface area contributed by atoms with Gasteiger partial charge in [0.15, 0.2) is 6.61 Å². The minimum atomic E-state index is -0.160. The van der Waals surface area contributed by atoms with E-state index in [0.717, 1.165) is 38.3 Å². The molecule has 0 spiro atoms. The minimum Gasteiger partial charge on any atom is -0.484 e. The lowest BCUT2D eigenvalue weighted by Crippen LogP contribution is -2.47. The average Bonchev–Trinajstić information content (AvgIpc) is 2.79. The number of ether oxygens (including phenoxy) is 1. The van der Waals surface area contributed by atoms with Gasteiger partial charge in [-0.2, -0.15) is 0 Å². The molecule has 0 saturated carbocycles. The Bertz CT molecular complexity index is 864. The number of carbonyl (C=O) groups excluding carboxylic acids is 2. The Balaban J connectivity index is 1.68. The van der Waals surface area contributed by atoms with Crippen molar-refractivity contribution in [2.24, 2.45) is 0 Å². The summed E-state index contributed by atoms with van der Waals surface area (Å²) in [5.41, 5.74) is 1.59. The number of carbonyl (C=O) groups is 2. The molecule has 1 aliphatic rings. The minimum absolute atomic E-state index is 0.0614. The number of amides is 2. The summed E-state index contributed by atoms with van der Waals surface area (Å²) in [5.74, 6) is 0.205. The Morgan fingerprint density at radius 3 is 2.42 bits per heavy atom. The number of hydrogen-bond acceptors (Lipinski definition) is 5. The van der Waals surface area contributed by atoms with Crippen LogP contribution < -0.4 is 10.1 Å². The van der Waals surface area contributed by atoms with Crippen LogP contribution in [0.15, 0.2) is 54.6 Å². The summed E-state index contributed by atoms with van der Waals surface area (Å²) in [6.07, 6.45) is 0. The van der Waals surface area contributed by atoms with E-state index in [2.05, 4.69) is 22.2 Å². The molecular formula is C24H32N4O3. The standard InChI is InChI=1S/C24H32N4O3/c1-26(2)23(29)18-31-21-11-7-10-20(16-21)24(30)25-22(19-8-5-4-6-9-19)17-28-14-12-27(3)13-15-28/h4-11,16,22H,12-15,17-18H2,1-3H3,(H,25,30). The largest absolute Gasteiger partial charge is 0.484 e. The van der Waals surface area contributed by atoms with Gasteiger partial charge in [-0.3, -0.25) is 14.5 Å². The van der Waals surface area contributed by atoms with Crippen molar-refractivity contribution in [3.05, 3.63) is 65.7 Å². The lowest BCUT2D eigenvalue weighted by atomic mass is 10.0. The molecule has 1 aliphatic heterocycles. The van der Waals surface area contributed by atoms with Gasteiger partial charge in [-0.05, 0) is 30.8 Å². The van der Waals surface area contributed by atoms with E-state index in [9.17, 15) is 9.59 Å². The van der Waals surface area contributed by atoms with Crippen molar-refractivity contribution in [1.82, 2.24) is 20.0 Å². The fourth-order valence-corrected chi connectivity index (χ4v) is 3.45. The number of piperazine rings is 1. The summed E-state index contributed by atoms with van der Waals surface area (Å²) in [4.78, 5) is 31.0. The van der Waals surface area contributed by atoms with Crippen molar-refractivity contribution in [3.8, 4) is 5.75 Å². The Morgan fingerprint density at radius 1 is 1.03 bits per heavy atom. The summed E-state index contributed by atoms with van der Waals surface area (Å²) in [5, 5.41) is 3.19. The van der Waals surface area contributed by atoms with Crippen LogP contribution >= 0.6 is 0 Å². The summed E-state index contributed by atoms with van der Waals surface area (Å²) < 4.78 is 5.56. The van der Waals surface area contributed by atoms with Crippen molar-refractivity contribution in [1.29, 1.82) is 0 Å². The SMILES string of the molecule is CN1CCN(CC(NC(=O)c2cccc(OCC(=O)N(C)C)c2)c2ccccc2)CC1. The van der Waals surface area contributed by atoms with E-state index < -0.39 is 0 Å². The van der Waals surface area contributed by atoms with Gasteiger partial charge in [-0.15, -0.1) is 0 Å². The maximum absolute atomic E-state index is 13.1. The topological polar surface area (TPSA) is 65.1 Å². The van der Waals surface area contributed by atoms with Gasteiger partial charge in [0, 0.05) is 52.4 Å². The van der Waals surface area contributed by atoms with E-state index in [4.69, 9.17) is 4.74 Å². The number of nitrogens with one attached hydrogen (secondary N) is 1. The number of hydrogen-bond donors (Lipinski definition) is 1. The first-order chi connectivity index (χ1) is 14.9. The first kappa shape index (κ1) is 22.8. The van der Waals surface area contributed by atoms with Gasteiger partial charge < -0.3 is 19.9 Å². The Hall–Kier alpha value is -2.90. The highest BCUT2D eigenvalue weighted by Gasteiger charge is 2.22. The van der Waals surface area contributed by atoms with Crippen molar-refractivity contribution in [2.75, 3.05) is 60.5 Å². The van der Waals surface area contributed by atoms with Crippen molar-refractivity contribution in [2.45, 2.75) is 6.04 Å². The van der Waals surface area contributed by atoms with Gasteiger partial charge >= 0.3 is 0 Å². The smallest absolute Gasteiger partial charge is 0.259 e. The van der Waals surface area contributed by atoms with Crippen molar-refractivity contribution >= 4 is 11.8 Å². The average molecular weight is 425 g/mol. The molecule has 2 aromatic rings. The molecule has 0 aliphatic carbocycles. The van der Waals surface area contributed by atoms with Gasteiger partial charge in [0.2, 0.25) is 0 Å². The summed E-state index contributed by atoms with van der Waals surface area (Å²) in [6, 6.07) is 16.9. The van der Waals surface area contributed by atoms with Crippen molar-refractivity contribution < 1.29 is 14.3 Å². The van der Waals surface area contributed by atoms with Gasteiger partial charge in [-0.1, -0.05) is 36.4 Å². The molecule has 7 heteroatoms. The second-order valence-electron chi connectivity index (χ2n) is 8.15. The predicted octanol–water partition coefficient (Wildman–Crippen LogP) is 1.87. The fourth-order valence-electron chi connectivity index (χ4n) is 3.45. The normalized spacial score (nSPS) is 15.8. The third-order valence-electron chi connectivity index (χ3n) is 5.50. The monoisotopic (exact) mass is 424 g/mol. The highest BCUT2D eigenvalue weighted by molar-refractivity contribution is 5.94. The van der Waals surface area contributed by atoms with Crippen LogP contribution in [0.25, 0.3) is 0 Å². The van der Waals surface area contributed by atoms with E-state index >= 15 is 0 Å². The quantitative estimate of drug-likeness (QED) is 0.701. The zero-order chi connectivity index (χ0) is 22.2. The van der Waals surface area contributed by atoms with Crippen LogP contribution in [0.3, 0.4) is 0 Å². The molecule has 3 rings (SSSR count). The zero-order valence-corrected chi connectivity index (χ0v) is 18.6. The Morgan fingerprint density at radius 2 is 1.74 bits per heavy atom. The molecule has 1 N–H and O–H groups in total. The highest BCUT2D eigenvalue weighted by atomic mass is 16.5. The number of benzene rings is 2. The third-order valence-corrected chi connectivity index (χ3v) is 5.50. The van der Waals surface area contributed by atoms with Gasteiger partial charge in [-0.25, -0.2) is 0 Å². The fraction of sp³-hybridized carbons (Fsp3) is 0.417. The molecule has 0 aromatic heterocycles. The third kappa shape index (κ3) is 6.80. The molecule has 0 bridgehead atoms. The van der Waals surface area contributed by atoms with Crippen LogP contribution in [0, 0.1) is 0 Å². The lowest BCUT2D eigenvalue weighted by Gasteiger charge is -2.35. The summed E-state index contributed by atoms with van der Waals surface area (Å²) in [7, 11) is 5.49. The van der Waals surface area contributed by atoms with Crippen LogP contribution in [0.4, 0.5) is 0 Å². The zero-order valence-electron chi connectivity index (χ0n) is 18.6. The summed E-state index contributed by atoms with van der Waals surface area (Å²) in [6.45, 7) is 4.73. The van der Waals surface area contributed by atoms with Crippen LogP contribution in [-0.4, -0.2) is 87.0 Å². The van der Waals surface area contributed by atoms with E-state index in [1.54, 1.807) is 38.4 Å². The molecule has 2 aromatic carbocycles. The van der Waals surface area contributed by atoms with Crippen LogP contribution in [-0.2, 0) is 4.79 Å². The molecule has 1 saturated heterocycles. The van der Waals surface area contributed by atoms with Crippen LogP contribution in [0.1, 0.15) is 22.0 Å². The first-order valence-electron chi connectivity index (χ1n) is 10.6. The molecule has 1 unspecified atom stereocenters. The first-order valence-corrected chi connectivity index (χ1v) is 10.6.